The number of fused-ring (bicyclic) bond motifs is 4. The summed E-state index contributed by atoms with van der Waals surface area (Å²) in [6.45, 7) is 0.790. The van der Waals surface area contributed by atoms with E-state index >= 15 is 0 Å². The Morgan fingerprint density at radius 1 is 0.431 bits per heavy atom. The number of benzene rings is 8. The first-order valence-corrected chi connectivity index (χ1v) is 25.1. The van der Waals surface area contributed by atoms with Gasteiger partial charge in [-0.05, 0) is 82.7 Å². The summed E-state index contributed by atoms with van der Waals surface area (Å²) in [6.07, 6.45) is 0. The molecule has 0 aliphatic carbocycles. The lowest BCUT2D eigenvalue weighted by Crippen LogP contribution is -2.74. The fourth-order valence-electron chi connectivity index (χ4n) is 10.2. The van der Waals surface area contributed by atoms with Crippen molar-refractivity contribution in [2.45, 2.75) is 100 Å². The van der Waals surface area contributed by atoms with Gasteiger partial charge in [-0.25, -0.2) is 0 Å². The summed E-state index contributed by atoms with van der Waals surface area (Å²) in [4.78, 5) is 1.15. The van der Waals surface area contributed by atoms with Gasteiger partial charge in [0, 0.05) is 53.8 Å². The van der Waals surface area contributed by atoms with Gasteiger partial charge < -0.3 is 4.74 Å². The van der Waals surface area contributed by atoms with Crippen LogP contribution >= 0.6 is 11.8 Å². The first-order valence-electron chi connectivity index (χ1n) is 28.3. The highest BCUT2D eigenvalue weighted by Gasteiger charge is 2.44. The minimum absolute atomic E-state index is 0.0590. The normalized spacial score (nSPS) is 18.4. The van der Waals surface area contributed by atoms with E-state index in [-0.39, 0.29) is 33.8 Å². The highest BCUT2D eigenvalue weighted by Crippen LogP contribution is 2.54. The Morgan fingerprint density at radius 2 is 0.908 bits per heavy atom. The van der Waals surface area contributed by atoms with Crippen molar-refractivity contribution >= 4 is 40.6 Å². The van der Waals surface area contributed by atoms with Crippen LogP contribution in [0.2, 0.25) is 0 Å². The van der Waals surface area contributed by atoms with Crippen LogP contribution in [0, 0.1) is 0 Å². The summed E-state index contributed by atoms with van der Waals surface area (Å²) in [5, 5.41) is 4.08. The first kappa shape index (κ1) is 31.1. The van der Waals surface area contributed by atoms with Crippen molar-refractivity contribution in [2.24, 2.45) is 0 Å². The van der Waals surface area contributed by atoms with E-state index in [2.05, 4.69) is 102 Å². The zero-order valence-corrected chi connectivity index (χ0v) is 39.5. The second-order valence-corrected chi connectivity index (χ2v) is 24.4. The Bertz CT molecular complexity index is 3300. The van der Waals surface area contributed by atoms with Gasteiger partial charge in [-0.2, -0.15) is 0 Å². The number of rotatable bonds is 6. The molecule has 0 fully saturated rings. The summed E-state index contributed by atoms with van der Waals surface area (Å²) in [5.74, 6) is 0.333. The lowest BCUT2D eigenvalue weighted by Gasteiger charge is -2.38. The Balaban J connectivity index is 1.32. The summed E-state index contributed by atoms with van der Waals surface area (Å²) >= 11 is 1.40. The van der Waals surface area contributed by atoms with Gasteiger partial charge in [-0.3, -0.25) is 0 Å². The van der Waals surface area contributed by atoms with Crippen LogP contribution in [0.1, 0.15) is 119 Å². The number of hydrogen-bond donors (Lipinski definition) is 0. The predicted octanol–water partition coefficient (Wildman–Crippen LogP) is 14.2. The third-order valence-corrected chi connectivity index (χ3v) is 19.3. The Hall–Kier alpha value is -5.87. The Kier molecular flexibility index (Phi) is 7.49. The largest absolute Gasteiger partial charge is 0.456 e. The van der Waals surface area contributed by atoms with Crippen molar-refractivity contribution in [3.63, 3.8) is 0 Å². The van der Waals surface area contributed by atoms with Crippen molar-refractivity contribution in [3.05, 3.63) is 215 Å². The molecule has 0 unspecified atom stereocenters. The van der Waals surface area contributed by atoms with Crippen LogP contribution in [0.5, 0.6) is 11.5 Å². The summed E-state index contributed by atoms with van der Waals surface area (Å²) in [6, 6.07) is 58.2. The molecule has 0 saturated heterocycles. The predicted molar refractivity (Wildman–Crippen MR) is 280 cm³/mol. The molecule has 0 radical (unpaired) electrons. The van der Waals surface area contributed by atoms with E-state index in [1.807, 2.05) is 60.7 Å². The molecule has 65 heavy (non-hydrogen) atoms. The van der Waals surface area contributed by atoms with Gasteiger partial charge in [0.25, 0.3) is 0 Å². The highest BCUT2D eigenvalue weighted by molar-refractivity contribution is 7.99. The molecular formula is C62H60OSSi. The van der Waals surface area contributed by atoms with E-state index in [0.717, 1.165) is 48.6 Å². The van der Waals surface area contributed by atoms with Crippen LogP contribution < -0.4 is 25.5 Å². The average molecular weight is 893 g/mol. The van der Waals surface area contributed by atoms with Gasteiger partial charge in [0.15, 0.2) is 8.07 Å². The molecule has 0 N–H and O–H groups in total. The van der Waals surface area contributed by atoms with E-state index in [4.69, 9.17) is 21.2 Å². The minimum atomic E-state index is -3.56. The quantitative estimate of drug-likeness (QED) is 0.121. The maximum Gasteiger partial charge on any atom is 0.179 e. The molecule has 0 amide bonds. The summed E-state index contributed by atoms with van der Waals surface area (Å²) < 4.78 is 116. The smallest absolute Gasteiger partial charge is 0.179 e. The minimum Gasteiger partial charge on any atom is -0.456 e. The fraction of sp³-hybridized carbons (Fsp3) is 0.226. The van der Waals surface area contributed by atoms with Crippen molar-refractivity contribution in [1.29, 1.82) is 0 Å². The van der Waals surface area contributed by atoms with Gasteiger partial charge in [-0.15, -0.1) is 0 Å². The van der Waals surface area contributed by atoms with Crippen LogP contribution in [0.3, 0.4) is 0 Å². The molecule has 0 spiro atoms. The summed E-state index contributed by atoms with van der Waals surface area (Å²) in [7, 11) is -3.56. The molecule has 10 rings (SSSR count). The number of ether oxygens (including phenoxy) is 1. The van der Waals surface area contributed by atoms with Crippen LogP contribution in [0.4, 0.5) is 0 Å². The van der Waals surface area contributed by atoms with Crippen molar-refractivity contribution in [2.75, 3.05) is 0 Å². The molecule has 2 aliphatic rings. The van der Waals surface area contributed by atoms with Crippen LogP contribution in [-0.4, -0.2) is 8.07 Å². The third kappa shape index (κ3) is 6.97. The molecule has 0 atom stereocenters. The van der Waals surface area contributed by atoms with Crippen molar-refractivity contribution in [1.82, 2.24) is 0 Å². The van der Waals surface area contributed by atoms with Gasteiger partial charge >= 0.3 is 0 Å². The molecule has 324 valence electrons. The third-order valence-electron chi connectivity index (χ3n) is 13.4. The molecule has 3 heteroatoms. The molecular weight excluding hydrogens is 821 g/mol. The average Bonchev–Trinajstić information content (AvgIpc) is 3.49. The SMILES string of the molecule is [2H]C([2H])([2H])C1(C([2H])([2H])[2H])c2ccccc2Oc2c(-c3cc([Si](c4ccccc4)(c4ccccc4)c4ccc(C(C)(C)C)c(-c5cccc6c5Sc5ccccc5C6(C([2H])([2H])[2H])C([2H])([2H])[2H])c4)ccc3C(C)(C)C)cccc21. The zero-order chi connectivity index (χ0) is 55.5. The zero-order valence-electron chi connectivity index (χ0n) is 49.6. The second-order valence-electron chi connectivity index (χ2n) is 19.6. The van der Waals surface area contributed by atoms with E-state index in [1.165, 1.54) is 11.8 Å². The second kappa shape index (κ2) is 15.6. The van der Waals surface area contributed by atoms with E-state index in [0.29, 0.717) is 15.4 Å². The topological polar surface area (TPSA) is 9.23 Å². The first-order chi connectivity index (χ1) is 36.0. The Labute approximate surface area is 409 Å². The van der Waals surface area contributed by atoms with Crippen LogP contribution in [0.15, 0.2) is 192 Å². The number of para-hydroxylation sites is 2. The molecule has 8 aromatic carbocycles. The molecule has 0 bridgehead atoms. The molecule has 0 saturated carbocycles. The fourth-order valence-corrected chi connectivity index (χ4v) is 16.3. The van der Waals surface area contributed by atoms with Gasteiger partial charge in [-0.1, -0.05) is 251 Å². The van der Waals surface area contributed by atoms with Crippen molar-refractivity contribution in [3.8, 4) is 33.8 Å². The molecule has 1 nitrogen and oxygen atoms in total. The maximum atomic E-state index is 9.11. The molecule has 8 aromatic rings. The van der Waals surface area contributed by atoms with E-state index < -0.39 is 57.1 Å². The van der Waals surface area contributed by atoms with E-state index in [1.54, 1.807) is 60.7 Å². The Morgan fingerprint density at radius 3 is 1.49 bits per heavy atom. The van der Waals surface area contributed by atoms with Gasteiger partial charge in [0.1, 0.15) is 11.5 Å². The molecule has 2 aliphatic heterocycles. The van der Waals surface area contributed by atoms with Crippen molar-refractivity contribution < 1.29 is 21.2 Å². The molecule has 0 aromatic heterocycles. The standard InChI is InChI=1S/C62H60OSSi/c1-59(2,3)49-37-35-43(39-47(49)45-27-21-31-53-57(45)63-55-33-19-17-29-51(55)61(53,7)8)65(41-23-13-11-14-24-41,42-25-15-12-16-26-42)44-36-38-50(60(4,5)6)48(40-44)46-28-22-32-54-58(46)64-56-34-20-18-30-52(56)62(54,9)10/h11-40H,1-10H3/i7D3,8D3,9D3,10D3. The molecule has 2 heterocycles. The van der Waals surface area contributed by atoms with Gasteiger partial charge in [0.2, 0.25) is 0 Å². The summed E-state index contributed by atoms with van der Waals surface area (Å²) in [5.41, 5.74) is -0.294. The maximum absolute atomic E-state index is 9.11. The highest BCUT2D eigenvalue weighted by atomic mass is 32.2. The monoisotopic (exact) mass is 892 g/mol. The lowest BCUT2D eigenvalue weighted by atomic mass is 9.74. The lowest BCUT2D eigenvalue weighted by molar-refractivity contribution is 0.419. The van der Waals surface area contributed by atoms with Gasteiger partial charge in [0.05, 0.1) is 0 Å². The number of hydrogen-bond acceptors (Lipinski definition) is 2. The van der Waals surface area contributed by atoms with Crippen LogP contribution in [0.25, 0.3) is 22.3 Å². The van der Waals surface area contributed by atoms with Crippen LogP contribution in [-0.2, 0) is 21.7 Å². The van der Waals surface area contributed by atoms with E-state index in [9.17, 15) is 0 Å².